The monoisotopic (exact) mass is 478 g/mol. The average molecular weight is 478 g/mol. The summed E-state index contributed by atoms with van der Waals surface area (Å²) < 4.78 is 22.2. The Hall–Kier alpha value is -0.310. The molecule has 182 valence electrons. The SMILES string of the molecule is CCCCCCCCCCCCCCCCC(O)C(=O)O.O=P(O)(O)OP(=O)(O)O. The molecule has 0 bridgehead atoms. The van der Waals surface area contributed by atoms with Crippen molar-refractivity contribution >= 4 is 21.6 Å². The molecule has 0 amide bonds. The fourth-order valence-electron chi connectivity index (χ4n) is 2.79. The normalized spacial score (nSPS) is 12.9. The third-order valence-electron chi connectivity index (χ3n) is 4.33. The molecule has 0 aromatic heterocycles. The standard InChI is InChI=1S/C18H36O3.H4O7P2/c1-2-3-4-5-6-7-8-9-10-11-12-13-14-15-16-17(19)18(20)21;1-8(2,3)7-9(4,5)6/h17,19H,2-16H2,1H3,(H,20,21);(H2,1,2,3)(H2,4,5,6). The summed E-state index contributed by atoms with van der Waals surface area (Å²) in [5.41, 5.74) is 0. The number of phosphoric acid groups is 2. The highest BCUT2D eigenvalue weighted by molar-refractivity contribution is 7.60. The molecule has 1 unspecified atom stereocenters. The first-order valence-corrected chi connectivity index (χ1v) is 13.7. The van der Waals surface area contributed by atoms with Crippen molar-refractivity contribution in [1.29, 1.82) is 0 Å². The van der Waals surface area contributed by atoms with Gasteiger partial charge in [0.25, 0.3) is 0 Å². The lowest BCUT2D eigenvalue weighted by atomic mass is 10.0. The van der Waals surface area contributed by atoms with Crippen molar-refractivity contribution in [3.8, 4) is 0 Å². The van der Waals surface area contributed by atoms with Crippen LogP contribution in [0.5, 0.6) is 0 Å². The number of carboxylic acids is 1. The summed E-state index contributed by atoms with van der Waals surface area (Å²) in [4.78, 5) is 41.4. The summed E-state index contributed by atoms with van der Waals surface area (Å²) in [6.45, 7) is 2.26. The summed E-state index contributed by atoms with van der Waals surface area (Å²) in [5.74, 6) is -1.09. The molecule has 0 aromatic rings. The van der Waals surface area contributed by atoms with Gasteiger partial charge in [0.05, 0.1) is 0 Å². The molecular weight excluding hydrogens is 438 g/mol. The Kier molecular flexibility index (Phi) is 20.6. The zero-order valence-corrected chi connectivity index (χ0v) is 19.7. The molecule has 0 spiro atoms. The van der Waals surface area contributed by atoms with Crippen LogP contribution in [0.2, 0.25) is 0 Å². The van der Waals surface area contributed by atoms with Crippen LogP contribution in [0, 0.1) is 0 Å². The molecule has 0 rings (SSSR count). The van der Waals surface area contributed by atoms with E-state index >= 15 is 0 Å². The van der Waals surface area contributed by atoms with E-state index in [2.05, 4.69) is 11.2 Å². The molecule has 0 fully saturated rings. The van der Waals surface area contributed by atoms with Gasteiger partial charge in [-0.15, -0.1) is 0 Å². The minimum Gasteiger partial charge on any atom is -0.479 e. The van der Waals surface area contributed by atoms with Crippen LogP contribution in [0.25, 0.3) is 0 Å². The molecule has 30 heavy (non-hydrogen) atoms. The summed E-state index contributed by atoms with van der Waals surface area (Å²) in [7, 11) is -10.1. The number of aliphatic hydroxyl groups is 1. The predicted molar refractivity (Wildman–Crippen MR) is 114 cm³/mol. The molecule has 0 heterocycles. The maximum absolute atomic E-state index is 10.4. The van der Waals surface area contributed by atoms with Crippen LogP contribution < -0.4 is 0 Å². The fourth-order valence-corrected chi connectivity index (χ4v) is 3.90. The third kappa shape index (κ3) is 29.9. The highest BCUT2D eigenvalue weighted by atomic mass is 31.3. The van der Waals surface area contributed by atoms with E-state index in [-0.39, 0.29) is 0 Å². The fraction of sp³-hybridized carbons (Fsp3) is 0.944. The lowest BCUT2D eigenvalue weighted by molar-refractivity contribution is -0.146. The molecule has 0 aliphatic carbocycles. The van der Waals surface area contributed by atoms with Crippen molar-refractivity contribution < 1.29 is 48.0 Å². The maximum atomic E-state index is 10.4. The van der Waals surface area contributed by atoms with Crippen LogP contribution in [0.1, 0.15) is 103 Å². The molecule has 12 heteroatoms. The number of unbranched alkanes of at least 4 members (excludes halogenated alkanes) is 13. The summed E-state index contributed by atoms with van der Waals surface area (Å²) in [6, 6.07) is 0. The van der Waals surface area contributed by atoms with Gasteiger partial charge in [-0.2, -0.15) is 4.31 Å². The van der Waals surface area contributed by atoms with Crippen LogP contribution in [0.4, 0.5) is 0 Å². The number of rotatable bonds is 18. The molecule has 0 aliphatic rings. The molecule has 0 radical (unpaired) electrons. The minimum absolute atomic E-state index is 0.396. The van der Waals surface area contributed by atoms with E-state index in [1.807, 2.05) is 0 Å². The van der Waals surface area contributed by atoms with Crippen molar-refractivity contribution in [2.45, 2.75) is 109 Å². The topological polar surface area (TPSA) is 182 Å². The van der Waals surface area contributed by atoms with Crippen molar-refractivity contribution in [2.24, 2.45) is 0 Å². The Labute approximate surface area is 179 Å². The highest BCUT2D eigenvalue weighted by Crippen LogP contribution is 2.53. The summed E-state index contributed by atoms with van der Waals surface area (Å²) in [6.07, 6.45) is 17.3. The largest absolute Gasteiger partial charge is 0.479 e. The quantitative estimate of drug-likeness (QED) is 0.121. The average Bonchev–Trinajstić information content (AvgIpc) is 2.59. The molecule has 0 saturated carbocycles. The first-order chi connectivity index (χ1) is 13.9. The minimum atomic E-state index is -5.05. The Morgan fingerprint density at radius 3 is 1.23 bits per heavy atom. The zero-order valence-electron chi connectivity index (χ0n) is 17.9. The smallest absolute Gasteiger partial charge is 0.478 e. The number of aliphatic carboxylic acids is 1. The lowest BCUT2D eigenvalue weighted by Crippen LogP contribution is -2.18. The van der Waals surface area contributed by atoms with Gasteiger partial charge in [0.1, 0.15) is 0 Å². The third-order valence-corrected chi connectivity index (χ3v) is 6.03. The van der Waals surface area contributed by atoms with Gasteiger partial charge in [-0.1, -0.05) is 96.8 Å². The van der Waals surface area contributed by atoms with Gasteiger partial charge in [0.15, 0.2) is 6.10 Å². The van der Waals surface area contributed by atoms with E-state index in [1.54, 1.807) is 0 Å². The first kappa shape index (κ1) is 31.9. The second-order valence-corrected chi connectivity index (χ2v) is 9.92. The Morgan fingerprint density at radius 2 is 1.00 bits per heavy atom. The summed E-state index contributed by atoms with van der Waals surface area (Å²) >= 11 is 0. The lowest BCUT2D eigenvalue weighted by Gasteiger charge is -2.05. The van der Waals surface area contributed by atoms with Gasteiger partial charge >= 0.3 is 21.6 Å². The van der Waals surface area contributed by atoms with E-state index in [0.717, 1.165) is 12.8 Å². The Bertz CT molecular complexity index is 483. The first-order valence-electron chi connectivity index (χ1n) is 10.6. The molecule has 0 aromatic carbocycles. The van der Waals surface area contributed by atoms with Crippen LogP contribution in [0.15, 0.2) is 0 Å². The molecule has 0 aliphatic heterocycles. The van der Waals surface area contributed by atoms with Crippen LogP contribution in [-0.2, 0) is 18.2 Å². The number of carbonyl (C=O) groups is 1. The van der Waals surface area contributed by atoms with Gasteiger partial charge in [-0.3, -0.25) is 0 Å². The van der Waals surface area contributed by atoms with E-state index < -0.39 is 27.7 Å². The molecular formula is C18H40O10P2. The van der Waals surface area contributed by atoms with Crippen molar-refractivity contribution in [3.05, 3.63) is 0 Å². The van der Waals surface area contributed by atoms with Gasteiger partial charge in [0.2, 0.25) is 0 Å². The Balaban J connectivity index is 0. The predicted octanol–water partition coefficient (Wildman–Crippen LogP) is 4.49. The van der Waals surface area contributed by atoms with E-state index in [9.17, 15) is 13.9 Å². The van der Waals surface area contributed by atoms with Gasteiger partial charge in [0, 0.05) is 0 Å². The van der Waals surface area contributed by atoms with Gasteiger partial charge in [-0.25, -0.2) is 13.9 Å². The number of carboxylic acid groups (broad SMARTS) is 1. The van der Waals surface area contributed by atoms with Crippen molar-refractivity contribution in [1.82, 2.24) is 0 Å². The molecule has 1 atom stereocenters. The number of hydrogen-bond donors (Lipinski definition) is 6. The van der Waals surface area contributed by atoms with E-state index in [1.165, 1.54) is 77.0 Å². The molecule has 10 nitrogen and oxygen atoms in total. The van der Waals surface area contributed by atoms with Crippen LogP contribution >= 0.6 is 15.6 Å². The Morgan fingerprint density at radius 1 is 0.700 bits per heavy atom. The van der Waals surface area contributed by atoms with Gasteiger partial charge in [-0.05, 0) is 6.42 Å². The zero-order chi connectivity index (χ0) is 23.5. The van der Waals surface area contributed by atoms with E-state index in [0.29, 0.717) is 6.42 Å². The summed E-state index contributed by atoms with van der Waals surface area (Å²) in [5, 5.41) is 17.7. The van der Waals surface area contributed by atoms with Crippen LogP contribution in [0.3, 0.4) is 0 Å². The number of hydrogen-bond acceptors (Lipinski definition) is 5. The maximum Gasteiger partial charge on any atom is 0.478 e. The van der Waals surface area contributed by atoms with Crippen molar-refractivity contribution in [3.63, 3.8) is 0 Å². The van der Waals surface area contributed by atoms with Crippen LogP contribution in [-0.4, -0.2) is 41.9 Å². The van der Waals surface area contributed by atoms with E-state index in [4.69, 9.17) is 29.8 Å². The second kappa shape index (κ2) is 19.4. The number of aliphatic hydroxyl groups excluding tert-OH is 1. The van der Waals surface area contributed by atoms with Crippen molar-refractivity contribution in [2.75, 3.05) is 0 Å². The molecule has 6 N–H and O–H groups in total. The molecule has 0 saturated heterocycles. The van der Waals surface area contributed by atoms with Gasteiger partial charge < -0.3 is 29.8 Å². The highest BCUT2D eigenvalue weighted by Gasteiger charge is 2.27. The second-order valence-electron chi connectivity index (χ2n) is 7.30.